The lowest BCUT2D eigenvalue weighted by molar-refractivity contribution is -0.116. The van der Waals surface area contributed by atoms with Crippen molar-refractivity contribution in [3.8, 4) is 0 Å². The van der Waals surface area contributed by atoms with E-state index in [1.54, 1.807) is 6.92 Å². The summed E-state index contributed by atoms with van der Waals surface area (Å²) in [5.41, 5.74) is 0.349. The number of carbonyl (C=O) groups is 2. The zero-order valence-electron chi connectivity index (χ0n) is 9.45. The fourth-order valence-corrected chi connectivity index (χ4v) is 1.39. The number of rotatable bonds is 3. The minimum atomic E-state index is -0.470. The minimum Gasteiger partial charge on any atom is -0.504 e. The Morgan fingerprint density at radius 2 is 2.00 bits per heavy atom. The third-order valence-electron chi connectivity index (χ3n) is 2.22. The summed E-state index contributed by atoms with van der Waals surface area (Å²) >= 11 is 0. The normalized spacial score (nSPS) is 16.0. The number of nitrogens with one attached hydrogen (secondary N) is 2. The van der Waals surface area contributed by atoms with Gasteiger partial charge in [-0.3, -0.25) is 10.1 Å². The molecule has 5 nitrogen and oxygen atoms in total. The Kier molecular flexibility index (Phi) is 4.57. The molecule has 0 aromatic carbocycles. The van der Waals surface area contributed by atoms with Gasteiger partial charge in [0.1, 0.15) is 0 Å². The molecule has 0 aromatic heterocycles. The second-order valence-electron chi connectivity index (χ2n) is 3.60. The van der Waals surface area contributed by atoms with E-state index in [0.717, 1.165) is 12.8 Å². The molecule has 0 aliphatic heterocycles. The SMILES string of the molecule is CO/C=C(\C)C(=O)NC(=O)NC1CC=CC1. The molecule has 0 radical (unpaired) electrons. The van der Waals surface area contributed by atoms with Crippen molar-refractivity contribution in [3.63, 3.8) is 0 Å². The average Bonchev–Trinajstić information content (AvgIpc) is 2.70. The highest BCUT2D eigenvalue weighted by molar-refractivity contribution is 6.03. The van der Waals surface area contributed by atoms with E-state index >= 15 is 0 Å². The van der Waals surface area contributed by atoms with Crippen molar-refractivity contribution in [2.45, 2.75) is 25.8 Å². The van der Waals surface area contributed by atoms with Gasteiger partial charge in [0.25, 0.3) is 5.91 Å². The van der Waals surface area contributed by atoms with Crippen LogP contribution in [0.4, 0.5) is 4.79 Å². The van der Waals surface area contributed by atoms with Gasteiger partial charge in [-0.05, 0) is 19.8 Å². The van der Waals surface area contributed by atoms with Crippen molar-refractivity contribution in [1.29, 1.82) is 0 Å². The lowest BCUT2D eigenvalue weighted by atomic mass is 10.2. The number of urea groups is 1. The van der Waals surface area contributed by atoms with Crippen LogP contribution in [0.1, 0.15) is 19.8 Å². The quantitative estimate of drug-likeness (QED) is 0.428. The van der Waals surface area contributed by atoms with Crippen LogP contribution >= 0.6 is 0 Å². The van der Waals surface area contributed by atoms with Crippen LogP contribution in [0.3, 0.4) is 0 Å². The number of methoxy groups -OCH3 is 1. The maximum atomic E-state index is 11.4. The van der Waals surface area contributed by atoms with Crippen LogP contribution in [0.5, 0.6) is 0 Å². The highest BCUT2D eigenvalue weighted by Gasteiger charge is 2.15. The Morgan fingerprint density at radius 1 is 1.38 bits per heavy atom. The Bertz CT molecular complexity index is 326. The molecular weight excluding hydrogens is 208 g/mol. The van der Waals surface area contributed by atoms with Crippen LogP contribution in [0.25, 0.3) is 0 Å². The fourth-order valence-electron chi connectivity index (χ4n) is 1.39. The molecule has 0 spiro atoms. The van der Waals surface area contributed by atoms with E-state index in [4.69, 9.17) is 0 Å². The number of carbonyl (C=O) groups excluding carboxylic acids is 2. The van der Waals surface area contributed by atoms with Gasteiger partial charge >= 0.3 is 6.03 Å². The third-order valence-corrected chi connectivity index (χ3v) is 2.22. The van der Waals surface area contributed by atoms with Crippen molar-refractivity contribution in [2.75, 3.05) is 7.11 Å². The van der Waals surface area contributed by atoms with Crippen LogP contribution in [0, 0.1) is 0 Å². The topological polar surface area (TPSA) is 67.4 Å². The van der Waals surface area contributed by atoms with Gasteiger partial charge in [0.15, 0.2) is 0 Å². The lowest BCUT2D eigenvalue weighted by Crippen LogP contribution is -2.44. The molecule has 5 heteroatoms. The maximum absolute atomic E-state index is 11.4. The minimum absolute atomic E-state index is 0.0968. The summed E-state index contributed by atoms with van der Waals surface area (Å²) < 4.78 is 4.68. The van der Waals surface area contributed by atoms with Crippen LogP contribution < -0.4 is 10.6 Å². The summed E-state index contributed by atoms with van der Waals surface area (Å²) in [5, 5.41) is 4.93. The van der Waals surface area contributed by atoms with E-state index in [-0.39, 0.29) is 6.04 Å². The number of hydrogen-bond donors (Lipinski definition) is 2. The number of amides is 3. The summed E-state index contributed by atoms with van der Waals surface area (Å²) in [4.78, 5) is 22.8. The van der Waals surface area contributed by atoms with Gasteiger partial charge in [-0.1, -0.05) is 12.2 Å². The van der Waals surface area contributed by atoms with E-state index < -0.39 is 11.9 Å². The first-order valence-electron chi connectivity index (χ1n) is 5.10. The van der Waals surface area contributed by atoms with Gasteiger partial charge in [0.2, 0.25) is 0 Å². The van der Waals surface area contributed by atoms with E-state index in [2.05, 4.69) is 15.4 Å². The van der Waals surface area contributed by atoms with Gasteiger partial charge in [-0.15, -0.1) is 0 Å². The Morgan fingerprint density at radius 3 is 2.56 bits per heavy atom. The molecule has 0 saturated carbocycles. The molecule has 1 rings (SSSR count). The van der Waals surface area contributed by atoms with Crippen LogP contribution in [-0.2, 0) is 9.53 Å². The maximum Gasteiger partial charge on any atom is 0.321 e. The summed E-state index contributed by atoms with van der Waals surface area (Å²) in [6.07, 6.45) is 6.93. The largest absolute Gasteiger partial charge is 0.504 e. The average molecular weight is 224 g/mol. The zero-order valence-corrected chi connectivity index (χ0v) is 9.45. The molecule has 0 unspecified atom stereocenters. The van der Waals surface area contributed by atoms with Gasteiger partial charge < -0.3 is 10.1 Å². The van der Waals surface area contributed by atoms with E-state index in [1.807, 2.05) is 12.2 Å². The molecule has 1 aliphatic carbocycles. The van der Waals surface area contributed by atoms with Crippen LogP contribution in [0.2, 0.25) is 0 Å². The highest BCUT2D eigenvalue weighted by Crippen LogP contribution is 2.08. The van der Waals surface area contributed by atoms with Crippen molar-refractivity contribution in [2.24, 2.45) is 0 Å². The van der Waals surface area contributed by atoms with Crippen molar-refractivity contribution < 1.29 is 14.3 Å². The van der Waals surface area contributed by atoms with E-state index in [1.165, 1.54) is 13.4 Å². The first kappa shape index (κ1) is 12.3. The van der Waals surface area contributed by atoms with Crippen molar-refractivity contribution >= 4 is 11.9 Å². The molecule has 1 aliphatic rings. The Hall–Kier alpha value is -1.78. The molecule has 88 valence electrons. The Balaban J connectivity index is 2.33. The molecule has 0 heterocycles. The molecule has 3 amide bonds. The first-order chi connectivity index (χ1) is 7.63. The van der Waals surface area contributed by atoms with Gasteiger partial charge in [0.05, 0.1) is 13.4 Å². The van der Waals surface area contributed by atoms with Gasteiger partial charge in [-0.2, -0.15) is 0 Å². The summed E-state index contributed by atoms with van der Waals surface area (Å²) in [6, 6.07) is -0.373. The third kappa shape index (κ3) is 3.76. The van der Waals surface area contributed by atoms with Gasteiger partial charge in [0, 0.05) is 11.6 Å². The fraction of sp³-hybridized carbons (Fsp3) is 0.455. The summed E-state index contributed by atoms with van der Waals surface area (Å²) in [7, 11) is 1.45. The van der Waals surface area contributed by atoms with Crippen LogP contribution in [0.15, 0.2) is 24.0 Å². The standard InChI is InChI=1S/C11H16N2O3/c1-8(7-16-2)10(14)13-11(15)12-9-5-3-4-6-9/h3-4,7,9H,5-6H2,1-2H3,(H2,12,13,14,15)/b8-7+. The molecule has 0 aromatic rings. The zero-order chi connectivity index (χ0) is 12.0. The predicted octanol–water partition coefficient (Wildman–Crippen LogP) is 1.08. The van der Waals surface area contributed by atoms with Gasteiger partial charge in [-0.25, -0.2) is 4.79 Å². The predicted molar refractivity (Wildman–Crippen MR) is 59.6 cm³/mol. The molecule has 0 saturated heterocycles. The molecule has 2 N–H and O–H groups in total. The number of ether oxygens (including phenoxy) is 1. The summed E-state index contributed by atoms with van der Waals surface area (Å²) in [5.74, 6) is -0.453. The number of imide groups is 1. The van der Waals surface area contributed by atoms with Crippen molar-refractivity contribution in [3.05, 3.63) is 24.0 Å². The van der Waals surface area contributed by atoms with E-state index in [0.29, 0.717) is 5.57 Å². The highest BCUT2D eigenvalue weighted by atomic mass is 16.5. The molecule has 0 atom stereocenters. The molecule has 0 fully saturated rings. The second kappa shape index (κ2) is 5.95. The Labute approximate surface area is 94.5 Å². The van der Waals surface area contributed by atoms with Crippen LogP contribution in [-0.4, -0.2) is 25.1 Å². The monoisotopic (exact) mass is 224 g/mol. The lowest BCUT2D eigenvalue weighted by Gasteiger charge is -2.12. The van der Waals surface area contributed by atoms with Crippen molar-refractivity contribution in [1.82, 2.24) is 10.6 Å². The second-order valence-corrected chi connectivity index (χ2v) is 3.60. The number of hydrogen-bond acceptors (Lipinski definition) is 3. The van der Waals surface area contributed by atoms with E-state index in [9.17, 15) is 9.59 Å². The smallest absolute Gasteiger partial charge is 0.321 e. The molecule has 16 heavy (non-hydrogen) atoms. The molecular formula is C11H16N2O3. The first-order valence-corrected chi connectivity index (χ1v) is 5.10. The molecule has 0 bridgehead atoms. The summed E-state index contributed by atoms with van der Waals surface area (Å²) in [6.45, 7) is 1.57.